The van der Waals surface area contributed by atoms with Crippen LogP contribution in [0.4, 0.5) is 0 Å². The van der Waals surface area contributed by atoms with Crippen LogP contribution in [0, 0.1) is 0 Å². The van der Waals surface area contributed by atoms with Gasteiger partial charge < -0.3 is 10.6 Å². The van der Waals surface area contributed by atoms with Crippen molar-refractivity contribution in [3.8, 4) is 0 Å². The standard InChI is InChI=1S/C12H17N3OS2/c1-17-7-4-9(13)11-14-10(8-18-11)12(16)15-5-2-3-6-15/h2-3,8-9H,4-7,13H2,1H3. The predicted molar refractivity (Wildman–Crippen MR) is 77.1 cm³/mol. The number of carbonyl (C=O) groups is 1. The van der Waals surface area contributed by atoms with E-state index in [-0.39, 0.29) is 11.9 Å². The molecule has 0 bridgehead atoms. The van der Waals surface area contributed by atoms with Crippen molar-refractivity contribution in [3.05, 3.63) is 28.2 Å². The lowest BCUT2D eigenvalue weighted by molar-refractivity contribution is 0.0795. The molecular weight excluding hydrogens is 266 g/mol. The monoisotopic (exact) mass is 283 g/mol. The molecule has 1 aromatic heterocycles. The summed E-state index contributed by atoms with van der Waals surface area (Å²) in [5, 5.41) is 2.68. The minimum atomic E-state index is -0.0549. The second-order valence-electron chi connectivity index (χ2n) is 4.14. The Bertz CT molecular complexity index is 436. The molecule has 0 spiro atoms. The molecular formula is C12H17N3OS2. The molecule has 2 rings (SSSR count). The van der Waals surface area contributed by atoms with Crippen molar-refractivity contribution in [1.29, 1.82) is 0 Å². The lowest BCUT2D eigenvalue weighted by Gasteiger charge is -2.13. The molecule has 1 atom stereocenters. The topological polar surface area (TPSA) is 59.2 Å². The molecule has 0 aromatic carbocycles. The van der Waals surface area contributed by atoms with Crippen LogP contribution in [0.1, 0.15) is 28.0 Å². The summed E-state index contributed by atoms with van der Waals surface area (Å²) in [6, 6.07) is -0.0549. The van der Waals surface area contributed by atoms with Gasteiger partial charge in [0.2, 0.25) is 0 Å². The maximum atomic E-state index is 12.1. The highest BCUT2D eigenvalue weighted by molar-refractivity contribution is 7.98. The highest BCUT2D eigenvalue weighted by atomic mass is 32.2. The van der Waals surface area contributed by atoms with E-state index >= 15 is 0 Å². The van der Waals surface area contributed by atoms with Crippen molar-refractivity contribution in [2.75, 3.05) is 25.1 Å². The Labute approximate surface area is 115 Å². The molecule has 1 aliphatic rings. The molecule has 0 saturated heterocycles. The Morgan fingerprint density at radius 3 is 3.00 bits per heavy atom. The zero-order chi connectivity index (χ0) is 13.0. The fourth-order valence-corrected chi connectivity index (χ4v) is 3.05. The quantitative estimate of drug-likeness (QED) is 0.839. The van der Waals surface area contributed by atoms with E-state index in [1.165, 1.54) is 11.3 Å². The number of nitrogens with two attached hydrogens (primary N) is 1. The van der Waals surface area contributed by atoms with Gasteiger partial charge in [-0.1, -0.05) is 12.2 Å². The van der Waals surface area contributed by atoms with Crippen molar-refractivity contribution < 1.29 is 4.79 Å². The van der Waals surface area contributed by atoms with E-state index in [2.05, 4.69) is 11.2 Å². The molecule has 0 saturated carbocycles. The first-order valence-electron chi connectivity index (χ1n) is 5.86. The van der Waals surface area contributed by atoms with Gasteiger partial charge in [-0.25, -0.2) is 4.98 Å². The number of thioether (sulfide) groups is 1. The van der Waals surface area contributed by atoms with Crippen molar-refractivity contribution in [1.82, 2.24) is 9.88 Å². The molecule has 0 aliphatic carbocycles. The smallest absolute Gasteiger partial charge is 0.273 e. The SMILES string of the molecule is CSCCC(N)c1nc(C(=O)N2CC=CC2)cs1. The van der Waals surface area contributed by atoms with Gasteiger partial charge in [0.1, 0.15) is 10.7 Å². The van der Waals surface area contributed by atoms with Crippen molar-refractivity contribution in [3.63, 3.8) is 0 Å². The van der Waals surface area contributed by atoms with Gasteiger partial charge in [0, 0.05) is 18.5 Å². The summed E-state index contributed by atoms with van der Waals surface area (Å²) in [6.07, 6.45) is 6.95. The normalized spacial score (nSPS) is 16.2. The Kier molecular flexibility index (Phi) is 4.79. The average Bonchev–Trinajstić information content (AvgIpc) is 3.05. The minimum Gasteiger partial charge on any atom is -0.330 e. The zero-order valence-electron chi connectivity index (χ0n) is 10.3. The summed E-state index contributed by atoms with van der Waals surface area (Å²) < 4.78 is 0. The highest BCUT2D eigenvalue weighted by Crippen LogP contribution is 2.21. The molecule has 1 aliphatic heterocycles. The molecule has 2 N–H and O–H groups in total. The third kappa shape index (κ3) is 3.13. The number of thiazole rings is 1. The van der Waals surface area contributed by atoms with Gasteiger partial charge in [-0.15, -0.1) is 11.3 Å². The summed E-state index contributed by atoms with van der Waals surface area (Å²) in [5.41, 5.74) is 6.57. The van der Waals surface area contributed by atoms with Gasteiger partial charge >= 0.3 is 0 Å². The van der Waals surface area contributed by atoms with Gasteiger partial charge in [0.05, 0.1) is 6.04 Å². The molecule has 98 valence electrons. The van der Waals surface area contributed by atoms with Crippen LogP contribution in [0.25, 0.3) is 0 Å². The number of rotatable bonds is 5. The van der Waals surface area contributed by atoms with Crippen molar-refractivity contribution in [2.24, 2.45) is 5.73 Å². The number of hydrogen-bond donors (Lipinski definition) is 1. The van der Waals surface area contributed by atoms with Gasteiger partial charge in [-0.2, -0.15) is 11.8 Å². The second kappa shape index (κ2) is 6.36. The number of amides is 1. The first kappa shape index (κ1) is 13.6. The van der Waals surface area contributed by atoms with Crippen LogP contribution in [0.3, 0.4) is 0 Å². The second-order valence-corrected chi connectivity index (χ2v) is 6.02. The van der Waals surface area contributed by atoms with E-state index < -0.39 is 0 Å². The molecule has 0 fully saturated rings. The van der Waals surface area contributed by atoms with Crippen molar-refractivity contribution >= 4 is 29.0 Å². The van der Waals surface area contributed by atoms with Gasteiger partial charge in [0.25, 0.3) is 5.91 Å². The van der Waals surface area contributed by atoms with E-state index in [4.69, 9.17) is 5.73 Å². The summed E-state index contributed by atoms with van der Waals surface area (Å²) in [7, 11) is 0. The largest absolute Gasteiger partial charge is 0.330 e. The van der Waals surface area contributed by atoms with Crippen molar-refractivity contribution in [2.45, 2.75) is 12.5 Å². The maximum Gasteiger partial charge on any atom is 0.273 e. The molecule has 4 nitrogen and oxygen atoms in total. The fourth-order valence-electron chi connectivity index (χ4n) is 1.73. The van der Waals surface area contributed by atoms with Crippen LogP contribution in [-0.2, 0) is 0 Å². The zero-order valence-corrected chi connectivity index (χ0v) is 12.0. The van der Waals surface area contributed by atoms with Crippen LogP contribution in [0.5, 0.6) is 0 Å². The molecule has 1 aromatic rings. The average molecular weight is 283 g/mol. The van der Waals surface area contributed by atoms with Gasteiger partial charge in [-0.3, -0.25) is 4.79 Å². The van der Waals surface area contributed by atoms with E-state index in [0.717, 1.165) is 17.2 Å². The van der Waals surface area contributed by atoms with Gasteiger partial charge in [-0.05, 0) is 18.4 Å². The van der Waals surface area contributed by atoms with E-state index in [1.54, 1.807) is 16.7 Å². The molecule has 1 unspecified atom stereocenters. The van der Waals surface area contributed by atoms with Gasteiger partial charge in [0.15, 0.2) is 0 Å². The van der Waals surface area contributed by atoms with Crippen LogP contribution >= 0.6 is 23.1 Å². The first-order chi connectivity index (χ1) is 8.72. The maximum absolute atomic E-state index is 12.1. The van der Waals surface area contributed by atoms with Crippen LogP contribution in [0.2, 0.25) is 0 Å². The fraction of sp³-hybridized carbons (Fsp3) is 0.500. The molecule has 0 radical (unpaired) electrons. The van der Waals surface area contributed by atoms with E-state index in [9.17, 15) is 4.79 Å². The molecule has 2 heterocycles. The summed E-state index contributed by atoms with van der Waals surface area (Å²) >= 11 is 3.25. The summed E-state index contributed by atoms with van der Waals surface area (Å²) in [5.74, 6) is 1.01. The first-order valence-corrected chi connectivity index (χ1v) is 8.14. The molecule has 6 heteroatoms. The predicted octanol–water partition coefficient (Wildman–Crippen LogP) is 1.91. The number of hydrogen-bond acceptors (Lipinski definition) is 5. The van der Waals surface area contributed by atoms with E-state index in [0.29, 0.717) is 18.8 Å². The third-order valence-electron chi connectivity index (χ3n) is 2.80. The van der Waals surface area contributed by atoms with Crippen LogP contribution in [-0.4, -0.2) is 40.9 Å². The molecule has 18 heavy (non-hydrogen) atoms. The third-order valence-corrected chi connectivity index (χ3v) is 4.42. The van der Waals surface area contributed by atoms with Crippen LogP contribution in [0.15, 0.2) is 17.5 Å². The molecule has 1 amide bonds. The highest BCUT2D eigenvalue weighted by Gasteiger charge is 2.20. The number of aromatic nitrogens is 1. The lowest BCUT2D eigenvalue weighted by Crippen LogP contribution is -2.28. The Hall–Kier alpha value is -0.850. The van der Waals surface area contributed by atoms with Crippen LogP contribution < -0.4 is 5.73 Å². The number of nitrogens with zero attached hydrogens (tertiary/aromatic N) is 2. The Morgan fingerprint density at radius 1 is 1.61 bits per heavy atom. The Balaban J connectivity index is 1.98. The summed E-state index contributed by atoms with van der Waals surface area (Å²) in [4.78, 5) is 18.2. The number of carbonyl (C=O) groups excluding carboxylic acids is 1. The Morgan fingerprint density at radius 2 is 2.33 bits per heavy atom. The lowest BCUT2D eigenvalue weighted by atomic mass is 10.2. The van der Waals surface area contributed by atoms with E-state index in [1.807, 2.05) is 17.5 Å². The summed E-state index contributed by atoms with van der Waals surface area (Å²) in [6.45, 7) is 1.37. The minimum absolute atomic E-state index is 0.000401.